The van der Waals surface area contributed by atoms with E-state index >= 15 is 0 Å². The van der Waals surface area contributed by atoms with Crippen LogP contribution in [0.1, 0.15) is 476 Å². The number of unbranched alkanes of at least 4 members (excludes halogenated alkanes) is 62. The fourth-order valence-corrected chi connectivity index (χ4v) is 13.6. The van der Waals surface area contributed by atoms with E-state index in [1.54, 1.807) is 0 Å². The van der Waals surface area contributed by atoms with Crippen molar-refractivity contribution in [2.45, 2.75) is 488 Å². The van der Waals surface area contributed by atoms with E-state index in [0.717, 1.165) is 57.8 Å². The van der Waals surface area contributed by atoms with Gasteiger partial charge in [-0.05, 0) is 89.9 Å². The lowest BCUT2D eigenvalue weighted by molar-refractivity contribution is -0.143. The van der Waals surface area contributed by atoms with E-state index in [4.69, 9.17) is 4.74 Å². The lowest BCUT2D eigenvalue weighted by atomic mass is 10.0. The van der Waals surface area contributed by atoms with Crippen molar-refractivity contribution in [3.05, 3.63) is 48.6 Å². The molecule has 0 aromatic heterocycles. The van der Waals surface area contributed by atoms with Crippen molar-refractivity contribution < 1.29 is 24.5 Å². The minimum Gasteiger partial charge on any atom is -0.466 e. The molecule has 0 aliphatic heterocycles. The predicted octanol–water partition coefficient (Wildman–Crippen LogP) is 28.7. The monoisotopic (exact) mass is 1320 g/mol. The molecule has 0 radical (unpaired) electrons. The third-order valence-electron chi connectivity index (χ3n) is 20.1. The predicted molar refractivity (Wildman–Crippen MR) is 416 cm³/mol. The molecular weight excluding hydrogens is 1150 g/mol. The summed E-state index contributed by atoms with van der Waals surface area (Å²) in [6.07, 6.45) is 111. The Balaban J connectivity index is 3.38. The molecule has 0 fully saturated rings. The minimum atomic E-state index is -0.665. The third kappa shape index (κ3) is 78.8. The highest BCUT2D eigenvalue weighted by Crippen LogP contribution is 2.20. The molecule has 0 heterocycles. The van der Waals surface area contributed by atoms with E-state index in [9.17, 15) is 19.8 Å². The van der Waals surface area contributed by atoms with Gasteiger partial charge >= 0.3 is 5.97 Å². The number of carbonyl (C=O) groups is 2. The maximum absolute atomic E-state index is 12.6. The van der Waals surface area contributed by atoms with Crippen molar-refractivity contribution >= 4 is 11.9 Å². The van der Waals surface area contributed by atoms with Gasteiger partial charge in [-0.1, -0.05) is 422 Å². The Morgan fingerprint density at radius 3 is 0.830 bits per heavy atom. The average Bonchev–Trinajstić information content (AvgIpc) is 3.70. The first kappa shape index (κ1) is 91.8. The quantitative estimate of drug-likeness (QED) is 0.0320. The summed E-state index contributed by atoms with van der Waals surface area (Å²) in [5.41, 5.74) is 0. The number of ether oxygens (including phenoxy) is 1. The van der Waals surface area contributed by atoms with Crippen molar-refractivity contribution in [3.8, 4) is 0 Å². The van der Waals surface area contributed by atoms with Gasteiger partial charge in [0, 0.05) is 12.8 Å². The van der Waals surface area contributed by atoms with Gasteiger partial charge in [0.25, 0.3) is 0 Å². The Kier molecular flexibility index (Phi) is 81.3. The number of esters is 1. The molecule has 1 amide bonds. The highest BCUT2D eigenvalue weighted by atomic mass is 16.5. The average molecular weight is 1320 g/mol. The van der Waals surface area contributed by atoms with Gasteiger partial charge in [0.1, 0.15) is 0 Å². The highest BCUT2D eigenvalue weighted by molar-refractivity contribution is 5.76. The van der Waals surface area contributed by atoms with Crippen LogP contribution in [0, 0.1) is 0 Å². The molecule has 94 heavy (non-hydrogen) atoms. The van der Waals surface area contributed by atoms with Gasteiger partial charge in [-0.15, -0.1) is 0 Å². The second kappa shape index (κ2) is 83.2. The van der Waals surface area contributed by atoms with Crippen molar-refractivity contribution in [2.75, 3.05) is 13.2 Å². The first-order chi connectivity index (χ1) is 46.5. The van der Waals surface area contributed by atoms with Crippen molar-refractivity contribution in [1.29, 1.82) is 0 Å². The SMILES string of the molecule is CCCCC/C=C\C/C=C\CCCCCCCCCCCC(=O)OCCCCCCCCCCC/C=C\C/C=C\CCCCCCCCCCCCCCCCCCCC(=O)NC(CO)C(O)CCCCCCCCCCCCCCCCCCCCCCCCCCC. The van der Waals surface area contributed by atoms with Gasteiger partial charge in [0.05, 0.1) is 25.4 Å². The summed E-state index contributed by atoms with van der Waals surface area (Å²) in [6, 6.07) is -0.542. The van der Waals surface area contributed by atoms with E-state index < -0.39 is 12.1 Å². The van der Waals surface area contributed by atoms with Crippen molar-refractivity contribution in [1.82, 2.24) is 5.32 Å². The molecular formula is C88H167NO5. The zero-order valence-electron chi connectivity index (χ0n) is 63.7. The van der Waals surface area contributed by atoms with Gasteiger partial charge in [0.2, 0.25) is 5.91 Å². The van der Waals surface area contributed by atoms with E-state index in [2.05, 4.69) is 67.8 Å². The summed E-state index contributed by atoms with van der Waals surface area (Å²) in [6.45, 7) is 4.98. The molecule has 0 aliphatic carbocycles. The van der Waals surface area contributed by atoms with Crippen LogP contribution in [0.15, 0.2) is 48.6 Å². The molecule has 0 bridgehead atoms. The summed E-state index contributed by atoms with van der Waals surface area (Å²) in [7, 11) is 0. The molecule has 0 aliphatic rings. The summed E-state index contributed by atoms with van der Waals surface area (Å²) < 4.78 is 5.51. The Labute approximate surface area is 588 Å². The van der Waals surface area contributed by atoms with E-state index in [1.165, 1.54) is 385 Å². The molecule has 0 spiro atoms. The fraction of sp³-hybridized carbons (Fsp3) is 0.886. The van der Waals surface area contributed by atoms with Crippen LogP contribution < -0.4 is 5.32 Å². The number of nitrogens with one attached hydrogen (secondary N) is 1. The number of hydrogen-bond acceptors (Lipinski definition) is 5. The van der Waals surface area contributed by atoms with E-state index in [0.29, 0.717) is 25.9 Å². The first-order valence-electron chi connectivity index (χ1n) is 42.9. The number of allylic oxidation sites excluding steroid dienone is 8. The minimum absolute atomic E-state index is 0.0112. The zero-order chi connectivity index (χ0) is 67.7. The third-order valence-corrected chi connectivity index (χ3v) is 20.1. The number of rotatable bonds is 81. The number of aliphatic hydroxyl groups excluding tert-OH is 2. The van der Waals surface area contributed by atoms with Crippen LogP contribution >= 0.6 is 0 Å². The van der Waals surface area contributed by atoms with Crippen LogP contribution in [0.3, 0.4) is 0 Å². The molecule has 2 atom stereocenters. The van der Waals surface area contributed by atoms with E-state index in [1.807, 2.05) is 0 Å². The van der Waals surface area contributed by atoms with Gasteiger partial charge in [0.15, 0.2) is 0 Å². The van der Waals surface area contributed by atoms with Gasteiger partial charge in [-0.25, -0.2) is 0 Å². The molecule has 0 saturated carbocycles. The lowest BCUT2D eigenvalue weighted by Gasteiger charge is -2.22. The van der Waals surface area contributed by atoms with Crippen LogP contribution in [-0.4, -0.2) is 47.4 Å². The fourth-order valence-electron chi connectivity index (χ4n) is 13.6. The Morgan fingerprint density at radius 1 is 0.298 bits per heavy atom. The van der Waals surface area contributed by atoms with Crippen molar-refractivity contribution in [2.24, 2.45) is 0 Å². The van der Waals surface area contributed by atoms with Crippen LogP contribution in [0.5, 0.6) is 0 Å². The van der Waals surface area contributed by atoms with Crippen molar-refractivity contribution in [3.63, 3.8) is 0 Å². The summed E-state index contributed by atoms with van der Waals surface area (Å²) in [5.74, 6) is -0.0162. The molecule has 6 heteroatoms. The first-order valence-corrected chi connectivity index (χ1v) is 42.9. The second-order valence-electron chi connectivity index (χ2n) is 29.5. The van der Waals surface area contributed by atoms with Gasteiger partial charge in [-0.2, -0.15) is 0 Å². The maximum atomic E-state index is 12.6. The van der Waals surface area contributed by atoms with Crippen LogP contribution in [-0.2, 0) is 14.3 Å². The summed E-state index contributed by atoms with van der Waals surface area (Å²) in [4.78, 5) is 24.7. The highest BCUT2D eigenvalue weighted by Gasteiger charge is 2.20. The Hall–Kier alpha value is -2.18. The van der Waals surface area contributed by atoms with Crippen LogP contribution in [0.4, 0.5) is 0 Å². The Morgan fingerprint density at radius 2 is 0.532 bits per heavy atom. The molecule has 0 rings (SSSR count). The van der Waals surface area contributed by atoms with Crippen LogP contribution in [0.2, 0.25) is 0 Å². The molecule has 0 saturated heterocycles. The molecule has 6 nitrogen and oxygen atoms in total. The number of aliphatic hydroxyl groups is 2. The number of carbonyl (C=O) groups excluding carboxylic acids is 2. The van der Waals surface area contributed by atoms with E-state index in [-0.39, 0.29) is 18.5 Å². The number of hydrogen-bond donors (Lipinski definition) is 3. The molecule has 0 aromatic rings. The second-order valence-corrected chi connectivity index (χ2v) is 29.5. The normalized spacial score (nSPS) is 12.7. The standard InChI is InChI=1S/C88H167NO5/c1-3-5-7-9-11-13-15-17-19-21-23-24-25-35-38-41-45-48-52-56-60-64-68-72-76-80-86(91)85(84-90)89-87(92)81-77-73-69-65-61-57-53-49-46-42-39-36-33-31-29-27-26-28-30-32-34-37-40-43-47-51-55-59-63-67-71-75-79-83-94-88(93)82-78-74-70-66-62-58-54-50-44-22-20-18-16-14-12-10-8-6-4-2/h12,14,18,20,30,32,37,40,85-86,90-91H,3-11,13,15-17,19,21-29,31,33-36,38-39,41-84H2,1-2H3,(H,89,92)/b14-12-,20-18-,32-30-,40-37-. The smallest absolute Gasteiger partial charge is 0.305 e. The molecule has 0 aromatic carbocycles. The largest absolute Gasteiger partial charge is 0.466 e. The summed E-state index contributed by atoms with van der Waals surface area (Å²) >= 11 is 0. The topological polar surface area (TPSA) is 95.9 Å². The molecule has 3 N–H and O–H groups in total. The number of amides is 1. The molecule has 2 unspecified atom stereocenters. The Bertz CT molecular complexity index is 1570. The molecule has 554 valence electrons. The van der Waals surface area contributed by atoms with Gasteiger partial charge < -0.3 is 20.3 Å². The van der Waals surface area contributed by atoms with Crippen LogP contribution in [0.25, 0.3) is 0 Å². The van der Waals surface area contributed by atoms with Gasteiger partial charge in [-0.3, -0.25) is 9.59 Å². The summed E-state index contributed by atoms with van der Waals surface area (Å²) in [5, 5.41) is 23.5. The lowest BCUT2D eigenvalue weighted by Crippen LogP contribution is -2.45. The maximum Gasteiger partial charge on any atom is 0.305 e. The zero-order valence-corrected chi connectivity index (χ0v) is 63.7.